The summed E-state index contributed by atoms with van der Waals surface area (Å²) in [4.78, 5) is 14.0. The van der Waals surface area contributed by atoms with Crippen LogP contribution in [0.4, 0.5) is 0 Å². The summed E-state index contributed by atoms with van der Waals surface area (Å²) in [5, 5.41) is 0.998. The standard InChI is InChI=1S/C11H8NO2/c13-10-6-7-4-5-14-9-3-1-2-8(12-10)11(7)9/h1-3H,4-5H2,(H,12,13). The van der Waals surface area contributed by atoms with Crippen molar-refractivity contribution in [2.75, 3.05) is 6.61 Å². The molecule has 1 radical (unpaired) electrons. The van der Waals surface area contributed by atoms with E-state index in [-0.39, 0.29) is 5.56 Å². The zero-order valence-corrected chi connectivity index (χ0v) is 7.46. The van der Waals surface area contributed by atoms with Gasteiger partial charge in [-0.3, -0.25) is 4.79 Å². The monoisotopic (exact) mass is 186 g/mol. The molecule has 0 aliphatic carbocycles. The topological polar surface area (TPSA) is 42.1 Å². The number of aromatic amines is 1. The molecule has 0 fully saturated rings. The van der Waals surface area contributed by atoms with Gasteiger partial charge >= 0.3 is 0 Å². The average molecular weight is 186 g/mol. The van der Waals surface area contributed by atoms with Crippen molar-refractivity contribution in [2.45, 2.75) is 6.42 Å². The van der Waals surface area contributed by atoms with Crippen LogP contribution >= 0.6 is 0 Å². The first-order valence-electron chi connectivity index (χ1n) is 4.54. The molecule has 3 nitrogen and oxygen atoms in total. The van der Waals surface area contributed by atoms with Crippen LogP contribution in [0, 0.1) is 6.07 Å². The molecular formula is C11H8NO2. The van der Waals surface area contributed by atoms with Crippen LogP contribution in [-0.2, 0) is 6.42 Å². The van der Waals surface area contributed by atoms with E-state index in [1.54, 1.807) is 0 Å². The van der Waals surface area contributed by atoms with Gasteiger partial charge in [0.2, 0.25) is 0 Å². The molecule has 2 heterocycles. The molecule has 69 valence electrons. The first-order valence-corrected chi connectivity index (χ1v) is 4.54. The maximum atomic E-state index is 11.2. The molecule has 1 aromatic carbocycles. The molecule has 1 aliphatic heterocycles. The number of rotatable bonds is 0. The third-order valence-corrected chi connectivity index (χ3v) is 2.45. The lowest BCUT2D eigenvalue weighted by atomic mass is 10.0. The van der Waals surface area contributed by atoms with E-state index in [4.69, 9.17) is 4.74 Å². The molecule has 3 rings (SSSR count). The van der Waals surface area contributed by atoms with E-state index in [0.29, 0.717) is 6.61 Å². The van der Waals surface area contributed by atoms with Gasteiger partial charge in [-0.05, 0) is 17.7 Å². The normalized spacial score (nSPS) is 14.0. The van der Waals surface area contributed by atoms with Gasteiger partial charge < -0.3 is 9.72 Å². The summed E-state index contributed by atoms with van der Waals surface area (Å²) in [6.45, 7) is 0.631. The van der Waals surface area contributed by atoms with E-state index in [0.717, 1.165) is 28.6 Å². The molecule has 3 heteroatoms. The van der Waals surface area contributed by atoms with Gasteiger partial charge in [-0.25, -0.2) is 0 Å². The van der Waals surface area contributed by atoms with Crippen LogP contribution in [0.3, 0.4) is 0 Å². The lowest BCUT2D eigenvalue weighted by molar-refractivity contribution is 0.318. The molecule has 0 bridgehead atoms. The molecular weight excluding hydrogens is 178 g/mol. The fraction of sp³-hybridized carbons (Fsp3) is 0.182. The lowest BCUT2D eigenvalue weighted by Gasteiger charge is -2.16. The second kappa shape index (κ2) is 2.61. The van der Waals surface area contributed by atoms with Crippen molar-refractivity contribution in [1.29, 1.82) is 0 Å². The highest BCUT2D eigenvalue weighted by Crippen LogP contribution is 2.29. The molecule has 1 N–H and O–H groups in total. The summed E-state index contributed by atoms with van der Waals surface area (Å²) in [7, 11) is 0. The molecule has 0 saturated heterocycles. The maximum Gasteiger partial charge on any atom is 0.256 e. The van der Waals surface area contributed by atoms with Gasteiger partial charge in [-0.2, -0.15) is 0 Å². The van der Waals surface area contributed by atoms with Crippen LogP contribution in [0.15, 0.2) is 23.0 Å². The summed E-state index contributed by atoms with van der Waals surface area (Å²) >= 11 is 0. The SMILES string of the molecule is O=c1[c]c2c3c(cccc3[nH]1)OCC2. The Labute approximate surface area is 80.3 Å². The Kier molecular flexibility index (Phi) is 1.42. The van der Waals surface area contributed by atoms with Gasteiger partial charge in [-0.15, -0.1) is 0 Å². The number of ether oxygens (including phenoxy) is 1. The van der Waals surface area contributed by atoms with Crippen molar-refractivity contribution >= 4 is 10.9 Å². The molecule has 0 amide bonds. The third kappa shape index (κ3) is 0.954. The molecule has 0 atom stereocenters. The van der Waals surface area contributed by atoms with Crippen molar-refractivity contribution in [1.82, 2.24) is 4.98 Å². The number of hydrogen-bond acceptors (Lipinski definition) is 2. The average Bonchev–Trinajstić information content (AvgIpc) is 2.18. The smallest absolute Gasteiger partial charge is 0.256 e. The van der Waals surface area contributed by atoms with Crippen LogP contribution in [0.25, 0.3) is 10.9 Å². The van der Waals surface area contributed by atoms with Crippen molar-refractivity contribution in [2.24, 2.45) is 0 Å². The number of benzene rings is 1. The van der Waals surface area contributed by atoms with Gasteiger partial charge in [0.25, 0.3) is 5.56 Å². The van der Waals surface area contributed by atoms with Gasteiger partial charge in [0, 0.05) is 11.8 Å². The Hall–Kier alpha value is -1.77. The van der Waals surface area contributed by atoms with E-state index in [9.17, 15) is 4.79 Å². The van der Waals surface area contributed by atoms with Gasteiger partial charge in [0.15, 0.2) is 0 Å². The van der Waals surface area contributed by atoms with E-state index in [1.807, 2.05) is 18.2 Å². The highest BCUT2D eigenvalue weighted by Gasteiger charge is 2.13. The second-order valence-corrected chi connectivity index (χ2v) is 3.33. The summed E-state index contributed by atoms with van der Waals surface area (Å²) in [5.41, 5.74) is 1.64. The molecule has 2 aromatic rings. The van der Waals surface area contributed by atoms with Gasteiger partial charge in [-0.1, -0.05) is 6.07 Å². The van der Waals surface area contributed by atoms with Crippen molar-refractivity contribution in [3.05, 3.63) is 40.2 Å². The number of nitrogens with one attached hydrogen (secondary N) is 1. The number of hydrogen-bond donors (Lipinski definition) is 1. The lowest BCUT2D eigenvalue weighted by Crippen LogP contribution is -2.14. The highest BCUT2D eigenvalue weighted by atomic mass is 16.5. The van der Waals surface area contributed by atoms with Gasteiger partial charge in [0.05, 0.1) is 18.2 Å². The Morgan fingerprint density at radius 2 is 2.36 bits per heavy atom. The Morgan fingerprint density at radius 1 is 1.43 bits per heavy atom. The van der Waals surface area contributed by atoms with Crippen LogP contribution in [0.5, 0.6) is 5.75 Å². The molecule has 0 unspecified atom stereocenters. The Balaban J connectivity index is 2.54. The summed E-state index contributed by atoms with van der Waals surface area (Å²) in [6, 6.07) is 8.47. The quantitative estimate of drug-likeness (QED) is 0.673. The number of H-pyrrole nitrogens is 1. The van der Waals surface area contributed by atoms with Gasteiger partial charge in [0.1, 0.15) is 5.75 Å². The van der Waals surface area contributed by atoms with Crippen LogP contribution in [0.1, 0.15) is 5.56 Å². The van der Waals surface area contributed by atoms with E-state index in [2.05, 4.69) is 11.1 Å². The zero-order valence-electron chi connectivity index (χ0n) is 7.46. The first-order chi connectivity index (χ1) is 6.84. The van der Waals surface area contributed by atoms with Crippen LogP contribution in [-0.4, -0.2) is 11.6 Å². The predicted octanol–water partition coefficient (Wildman–Crippen LogP) is 1.26. The van der Waals surface area contributed by atoms with E-state index >= 15 is 0 Å². The second-order valence-electron chi connectivity index (χ2n) is 3.33. The minimum Gasteiger partial charge on any atom is -0.493 e. The predicted molar refractivity (Wildman–Crippen MR) is 52.6 cm³/mol. The van der Waals surface area contributed by atoms with Crippen molar-refractivity contribution in [3.8, 4) is 5.75 Å². The molecule has 1 aromatic heterocycles. The van der Waals surface area contributed by atoms with E-state index in [1.165, 1.54) is 0 Å². The molecule has 1 aliphatic rings. The molecule has 0 spiro atoms. The van der Waals surface area contributed by atoms with Crippen LogP contribution in [0.2, 0.25) is 0 Å². The van der Waals surface area contributed by atoms with Crippen LogP contribution < -0.4 is 10.3 Å². The Bertz CT molecular complexity index is 557. The minimum absolute atomic E-state index is 0.161. The summed E-state index contributed by atoms with van der Waals surface area (Å²) in [5.74, 6) is 0.844. The first kappa shape index (κ1) is 7.62. The van der Waals surface area contributed by atoms with E-state index < -0.39 is 0 Å². The number of aromatic nitrogens is 1. The maximum absolute atomic E-state index is 11.2. The molecule has 0 saturated carbocycles. The fourth-order valence-corrected chi connectivity index (χ4v) is 1.87. The minimum atomic E-state index is -0.161. The number of pyridine rings is 1. The zero-order chi connectivity index (χ0) is 9.54. The third-order valence-electron chi connectivity index (χ3n) is 2.45. The van der Waals surface area contributed by atoms with Crippen molar-refractivity contribution < 1.29 is 4.74 Å². The largest absolute Gasteiger partial charge is 0.493 e. The highest BCUT2D eigenvalue weighted by molar-refractivity contribution is 5.88. The summed E-state index contributed by atoms with van der Waals surface area (Å²) < 4.78 is 5.49. The molecule has 14 heavy (non-hydrogen) atoms. The fourth-order valence-electron chi connectivity index (χ4n) is 1.87. The Morgan fingerprint density at radius 3 is 3.29 bits per heavy atom. The summed E-state index contributed by atoms with van der Waals surface area (Å²) in [6.07, 6.45) is 0.761. The van der Waals surface area contributed by atoms with Crippen molar-refractivity contribution in [3.63, 3.8) is 0 Å².